The van der Waals surface area contributed by atoms with Gasteiger partial charge in [-0.15, -0.1) is 11.3 Å². The zero-order valence-corrected chi connectivity index (χ0v) is 11.4. The van der Waals surface area contributed by atoms with E-state index >= 15 is 0 Å². The molecule has 1 N–H and O–H groups in total. The van der Waals surface area contributed by atoms with Gasteiger partial charge in [0.2, 0.25) is 0 Å². The van der Waals surface area contributed by atoms with E-state index in [1.165, 1.54) is 15.1 Å². The quantitative estimate of drug-likeness (QED) is 0.900. The molecule has 2 nitrogen and oxygen atoms in total. The molecule has 2 heterocycles. The summed E-state index contributed by atoms with van der Waals surface area (Å²) in [7, 11) is 0. The van der Waals surface area contributed by atoms with Crippen molar-refractivity contribution < 1.29 is 0 Å². The van der Waals surface area contributed by atoms with Crippen LogP contribution in [-0.4, -0.2) is 30.6 Å². The number of halogens is 1. The average Bonchev–Trinajstić information content (AvgIpc) is 2.50. The summed E-state index contributed by atoms with van der Waals surface area (Å²) in [5, 5.41) is 3.45. The van der Waals surface area contributed by atoms with Gasteiger partial charge in [0.15, 0.2) is 0 Å². The molecule has 0 amide bonds. The Morgan fingerprint density at radius 3 is 3.13 bits per heavy atom. The number of nitrogens with zero attached hydrogens (tertiary/aromatic N) is 1. The summed E-state index contributed by atoms with van der Waals surface area (Å²) in [6, 6.07) is 5.06. The molecule has 0 spiro atoms. The van der Waals surface area contributed by atoms with E-state index in [0.717, 1.165) is 26.2 Å². The Bertz CT molecular complexity index is 313. The van der Waals surface area contributed by atoms with Crippen LogP contribution in [0.5, 0.6) is 0 Å². The second-order valence-electron chi connectivity index (χ2n) is 4.06. The summed E-state index contributed by atoms with van der Waals surface area (Å²) >= 11 is 5.36. The highest BCUT2D eigenvalue weighted by Gasteiger charge is 2.16. The van der Waals surface area contributed by atoms with Crippen molar-refractivity contribution in [2.75, 3.05) is 19.6 Å². The van der Waals surface area contributed by atoms with E-state index in [4.69, 9.17) is 0 Å². The zero-order valence-electron chi connectivity index (χ0n) is 9.00. The number of hydrogen-bond acceptors (Lipinski definition) is 3. The number of rotatable bonds is 2. The van der Waals surface area contributed by atoms with Gasteiger partial charge in [0.05, 0.1) is 3.79 Å². The van der Waals surface area contributed by atoms with Crippen molar-refractivity contribution in [2.45, 2.75) is 25.9 Å². The van der Waals surface area contributed by atoms with E-state index in [1.54, 1.807) is 0 Å². The molecule has 1 aromatic heterocycles. The van der Waals surface area contributed by atoms with Gasteiger partial charge in [-0.2, -0.15) is 0 Å². The molecule has 1 aliphatic heterocycles. The van der Waals surface area contributed by atoms with Crippen LogP contribution >= 0.6 is 27.3 Å². The van der Waals surface area contributed by atoms with Gasteiger partial charge in [0, 0.05) is 30.6 Å². The Kier molecular flexibility index (Phi) is 4.20. The highest BCUT2D eigenvalue weighted by Crippen LogP contribution is 2.24. The lowest BCUT2D eigenvalue weighted by molar-refractivity contribution is 0.213. The molecule has 1 aliphatic rings. The molecule has 0 aliphatic carbocycles. The Morgan fingerprint density at radius 2 is 2.40 bits per heavy atom. The van der Waals surface area contributed by atoms with Crippen LogP contribution < -0.4 is 5.32 Å². The van der Waals surface area contributed by atoms with E-state index in [-0.39, 0.29) is 0 Å². The van der Waals surface area contributed by atoms with Crippen LogP contribution in [0.1, 0.15) is 18.2 Å². The second kappa shape index (κ2) is 5.43. The molecule has 0 radical (unpaired) electrons. The summed E-state index contributed by atoms with van der Waals surface area (Å²) in [5.41, 5.74) is 0. The van der Waals surface area contributed by atoms with Gasteiger partial charge in [-0.05, 0) is 48.0 Å². The normalized spacial score (nSPS) is 24.0. The molecule has 84 valence electrons. The molecule has 0 aromatic carbocycles. The second-order valence-corrected chi connectivity index (χ2v) is 6.61. The third kappa shape index (κ3) is 3.28. The van der Waals surface area contributed by atoms with E-state index in [1.807, 2.05) is 11.3 Å². The van der Waals surface area contributed by atoms with Crippen LogP contribution in [0, 0.1) is 0 Å². The lowest BCUT2D eigenvalue weighted by atomic mass is 10.2. The lowest BCUT2D eigenvalue weighted by Gasteiger charge is -2.25. The van der Waals surface area contributed by atoms with Crippen LogP contribution in [0.25, 0.3) is 0 Å². The van der Waals surface area contributed by atoms with Crippen LogP contribution in [-0.2, 0) is 6.54 Å². The summed E-state index contributed by atoms with van der Waals surface area (Å²) < 4.78 is 1.23. The van der Waals surface area contributed by atoms with Crippen LogP contribution in [0.4, 0.5) is 0 Å². The molecule has 1 atom stereocenters. The van der Waals surface area contributed by atoms with Crippen molar-refractivity contribution in [2.24, 2.45) is 0 Å². The minimum atomic E-state index is 0.695. The predicted molar refractivity (Wildman–Crippen MR) is 69.4 cm³/mol. The number of hydrogen-bond donors (Lipinski definition) is 1. The first-order valence-corrected chi connectivity index (χ1v) is 7.05. The van der Waals surface area contributed by atoms with E-state index in [0.29, 0.717) is 6.04 Å². The monoisotopic (exact) mass is 288 g/mol. The minimum absolute atomic E-state index is 0.695. The first-order chi connectivity index (χ1) is 7.25. The average molecular weight is 289 g/mol. The van der Waals surface area contributed by atoms with Crippen molar-refractivity contribution in [1.82, 2.24) is 10.2 Å². The van der Waals surface area contributed by atoms with Crippen LogP contribution in [0.2, 0.25) is 0 Å². The minimum Gasteiger partial charge on any atom is -0.315 e. The van der Waals surface area contributed by atoms with Crippen LogP contribution in [0.3, 0.4) is 0 Å². The maximum Gasteiger partial charge on any atom is 0.0701 e. The maximum atomic E-state index is 3.52. The van der Waals surface area contributed by atoms with Gasteiger partial charge in [-0.25, -0.2) is 0 Å². The zero-order chi connectivity index (χ0) is 10.7. The number of nitrogens with one attached hydrogen (secondary N) is 1. The smallest absolute Gasteiger partial charge is 0.0701 e. The molecule has 0 bridgehead atoms. The summed E-state index contributed by atoms with van der Waals surface area (Å²) in [5.74, 6) is 0. The summed E-state index contributed by atoms with van der Waals surface area (Å²) in [4.78, 5) is 4.02. The van der Waals surface area contributed by atoms with Crippen molar-refractivity contribution >= 4 is 27.3 Å². The Hall–Kier alpha value is 0.1000. The third-order valence-electron chi connectivity index (χ3n) is 2.93. The molecule has 1 aromatic rings. The largest absolute Gasteiger partial charge is 0.315 e. The van der Waals surface area contributed by atoms with Gasteiger partial charge in [0.25, 0.3) is 0 Å². The highest BCUT2D eigenvalue weighted by molar-refractivity contribution is 9.11. The molecular formula is C11H17BrN2S. The molecule has 4 heteroatoms. The Balaban J connectivity index is 1.97. The van der Waals surface area contributed by atoms with Gasteiger partial charge in [-0.1, -0.05) is 0 Å². The third-order valence-corrected chi connectivity index (χ3v) is 4.53. The fourth-order valence-corrected chi connectivity index (χ4v) is 3.44. The fraction of sp³-hybridized carbons (Fsp3) is 0.636. The van der Waals surface area contributed by atoms with E-state index in [9.17, 15) is 0 Å². The van der Waals surface area contributed by atoms with Gasteiger partial charge < -0.3 is 5.32 Å². The highest BCUT2D eigenvalue weighted by atomic mass is 79.9. The van der Waals surface area contributed by atoms with E-state index < -0.39 is 0 Å². The predicted octanol–water partition coefficient (Wildman–Crippen LogP) is 2.69. The summed E-state index contributed by atoms with van der Waals surface area (Å²) in [6.07, 6.45) is 1.26. The topological polar surface area (TPSA) is 15.3 Å². The maximum absolute atomic E-state index is 3.52. The molecule has 1 unspecified atom stereocenters. The fourth-order valence-electron chi connectivity index (χ4n) is 1.93. The SMILES string of the molecule is CC1CCNCCN1Cc1ccc(Br)s1. The van der Waals surface area contributed by atoms with Crippen LogP contribution in [0.15, 0.2) is 15.9 Å². The summed E-state index contributed by atoms with van der Waals surface area (Å²) in [6.45, 7) is 6.87. The Morgan fingerprint density at radius 1 is 1.53 bits per heavy atom. The molecule has 15 heavy (non-hydrogen) atoms. The Labute approximate surface area is 104 Å². The van der Waals surface area contributed by atoms with Crippen molar-refractivity contribution in [1.29, 1.82) is 0 Å². The first-order valence-electron chi connectivity index (χ1n) is 5.44. The van der Waals surface area contributed by atoms with E-state index in [2.05, 4.69) is 45.2 Å². The first kappa shape index (κ1) is 11.6. The molecule has 1 saturated heterocycles. The number of thiophene rings is 1. The lowest BCUT2D eigenvalue weighted by Crippen LogP contribution is -2.33. The molecule has 1 fully saturated rings. The molecular weight excluding hydrogens is 272 g/mol. The van der Waals surface area contributed by atoms with Crippen molar-refractivity contribution in [3.8, 4) is 0 Å². The molecule has 2 rings (SSSR count). The van der Waals surface area contributed by atoms with Gasteiger partial charge in [-0.3, -0.25) is 4.90 Å². The van der Waals surface area contributed by atoms with Gasteiger partial charge >= 0.3 is 0 Å². The van der Waals surface area contributed by atoms with Crippen molar-refractivity contribution in [3.05, 3.63) is 20.8 Å². The molecule has 0 saturated carbocycles. The van der Waals surface area contributed by atoms with Gasteiger partial charge in [0.1, 0.15) is 0 Å². The van der Waals surface area contributed by atoms with Crippen molar-refractivity contribution in [3.63, 3.8) is 0 Å². The standard InChI is InChI=1S/C11H17BrN2S/c1-9-4-5-13-6-7-14(9)8-10-2-3-11(12)15-10/h2-3,9,13H,4-8H2,1H3.